The van der Waals surface area contributed by atoms with Crippen molar-refractivity contribution >= 4 is 11.4 Å². The van der Waals surface area contributed by atoms with Gasteiger partial charge in [0.05, 0.1) is 23.7 Å². The number of aliphatic hydroxyl groups excluding tert-OH is 1. The third-order valence-electron chi connectivity index (χ3n) is 2.18. The van der Waals surface area contributed by atoms with Gasteiger partial charge < -0.3 is 15.2 Å². The molecule has 1 aromatic carbocycles. The van der Waals surface area contributed by atoms with E-state index in [-0.39, 0.29) is 5.69 Å². The number of nitro groups is 1. The van der Waals surface area contributed by atoms with Gasteiger partial charge in [-0.3, -0.25) is 10.1 Å². The van der Waals surface area contributed by atoms with Gasteiger partial charge in [0.2, 0.25) is 0 Å². The zero-order valence-corrected chi connectivity index (χ0v) is 10.5. The molecule has 0 aromatic heterocycles. The fourth-order valence-corrected chi connectivity index (χ4v) is 1.36. The predicted molar refractivity (Wildman–Crippen MR) is 69.1 cm³/mol. The molecule has 2 N–H and O–H groups in total. The number of non-ortho nitro benzene ring substituents is 1. The quantitative estimate of drug-likeness (QED) is 0.575. The Balaban J connectivity index is 2.87. The highest BCUT2D eigenvalue weighted by molar-refractivity contribution is 5.56. The van der Waals surface area contributed by atoms with E-state index in [0.29, 0.717) is 24.6 Å². The Morgan fingerprint density at radius 3 is 2.78 bits per heavy atom. The first-order valence-corrected chi connectivity index (χ1v) is 5.87. The number of ether oxygens (including phenoxy) is 1. The molecule has 6 heteroatoms. The Morgan fingerprint density at radius 1 is 1.50 bits per heavy atom. The van der Waals surface area contributed by atoms with E-state index in [2.05, 4.69) is 5.32 Å². The number of anilines is 1. The van der Waals surface area contributed by atoms with E-state index in [9.17, 15) is 15.2 Å². The van der Waals surface area contributed by atoms with Crippen LogP contribution in [0.25, 0.3) is 0 Å². The fourth-order valence-electron chi connectivity index (χ4n) is 1.36. The molecular weight excluding hydrogens is 236 g/mol. The van der Waals surface area contributed by atoms with Crippen molar-refractivity contribution in [1.29, 1.82) is 0 Å². The Labute approximate surface area is 106 Å². The number of aliphatic hydroxyl groups is 1. The maximum atomic E-state index is 10.8. The van der Waals surface area contributed by atoms with Gasteiger partial charge in [-0.25, -0.2) is 0 Å². The van der Waals surface area contributed by atoms with E-state index in [0.717, 1.165) is 6.42 Å². The lowest BCUT2D eigenvalue weighted by molar-refractivity contribution is -0.384. The summed E-state index contributed by atoms with van der Waals surface area (Å²) in [5.74, 6) is 0.458. The molecule has 18 heavy (non-hydrogen) atoms. The van der Waals surface area contributed by atoms with E-state index >= 15 is 0 Å². The van der Waals surface area contributed by atoms with Gasteiger partial charge in [0.15, 0.2) is 0 Å². The summed E-state index contributed by atoms with van der Waals surface area (Å²) < 4.78 is 5.39. The Bertz CT molecular complexity index is 407. The van der Waals surface area contributed by atoms with Crippen LogP contribution >= 0.6 is 0 Å². The lowest BCUT2D eigenvalue weighted by Gasteiger charge is -2.10. The van der Waals surface area contributed by atoms with Gasteiger partial charge in [0.25, 0.3) is 5.69 Å². The second-order valence-electron chi connectivity index (χ2n) is 4.05. The van der Waals surface area contributed by atoms with E-state index in [4.69, 9.17) is 4.74 Å². The summed E-state index contributed by atoms with van der Waals surface area (Å²) in [6.07, 6.45) is 0.309. The predicted octanol–water partition coefficient (Wildman–Crippen LogP) is 2.18. The molecule has 0 aliphatic carbocycles. The summed E-state index contributed by atoms with van der Waals surface area (Å²) >= 11 is 0. The van der Waals surface area contributed by atoms with Gasteiger partial charge in [-0.2, -0.15) is 0 Å². The molecule has 1 aromatic rings. The molecule has 0 saturated carbocycles. The summed E-state index contributed by atoms with van der Waals surface area (Å²) in [7, 11) is 0. The number of hydrogen-bond acceptors (Lipinski definition) is 5. The number of nitro benzene ring substituents is 1. The molecule has 0 saturated heterocycles. The van der Waals surface area contributed by atoms with Crippen LogP contribution in [0, 0.1) is 10.1 Å². The van der Waals surface area contributed by atoms with Crippen molar-refractivity contribution in [2.75, 3.05) is 18.5 Å². The SMILES string of the molecule is CCCOc1cc(NCC(C)O)cc([N+](=O)[O-])c1. The van der Waals surface area contributed by atoms with Crippen LogP contribution in [0.15, 0.2) is 18.2 Å². The van der Waals surface area contributed by atoms with Crippen LogP contribution in [-0.4, -0.2) is 29.3 Å². The number of nitrogens with one attached hydrogen (secondary N) is 1. The largest absolute Gasteiger partial charge is 0.493 e. The molecule has 0 aliphatic rings. The topological polar surface area (TPSA) is 84.6 Å². The van der Waals surface area contributed by atoms with Crippen molar-refractivity contribution < 1.29 is 14.8 Å². The van der Waals surface area contributed by atoms with Gasteiger partial charge in [0, 0.05) is 24.4 Å². The van der Waals surface area contributed by atoms with Gasteiger partial charge in [-0.15, -0.1) is 0 Å². The lowest BCUT2D eigenvalue weighted by atomic mass is 10.2. The van der Waals surface area contributed by atoms with Crippen LogP contribution in [-0.2, 0) is 0 Å². The molecule has 0 fully saturated rings. The van der Waals surface area contributed by atoms with E-state index in [1.807, 2.05) is 6.92 Å². The lowest BCUT2D eigenvalue weighted by Crippen LogP contribution is -2.15. The number of rotatable bonds is 7. The van der Waals surface area contributed by atoms with Crippen molar-refractivity contribution in [3.63, 3.8) is 0 Å². The number of nitrogens with zero attached hydrogens (tertiary/aromatic N) is 1. The average molecular weight is 254 g/mol. The van der Waals surface area contributed by atoms with Crippen LogP contribution in [0.4, 0.5) is 11.4 Å². The minimum Gasteiger partial charge on any atom is -0.493 e. The van der Waals surface area contributed by atoms with Gasteiger partial charge >= 0.3 is 0 Å². The van der Waals surface area contributed by atoms with Crippen molar-refractivity contribution in [3.05, 3.63) is 28.3 Å². The molecule has 0 amide bonds. The summed E-state index contributed by atoms with van der Waals surface area (Å²) in [5.41, 5.74) is 0.535. The van der Waals surface area contributed by atoms with Gasteiger partial charge in [-0.1, -0.05) is 6.92 Å². The molecule has 1 rings (SSSR count). The molecule has 0 radical (unpaired) electrons. The normalized spacial score (nSPS) is 11.9. The Morgan fingerprint density at radius 2 is 2.22 bits per heavy atom. The molecule has 1 unspecified atom stereocenters. The van der Waals surface area contributed by atoms with Crippen LogP contribution in [0.5, 0.6) is 5.75 Å². The first-order chi connectivity index (χ1) is 8.52. The van der Waals surface area contributed by atoms with Crippen LogP contribution < -0.4 is 10.1 Å². The third-order valence-corrected chi connectivity index (χ3v) is 2.18. The van der Waals surface area contributed by atoms with Crippen molar-refractivity contribution in [2.24, 2.45) is 0 Å². The van der Waals surface area contributed by atoms with Gasteiger partial charge in [-0.05, 0) is 13.3 Å². The maximum absolute atomic E-state index is 10.8. The van der Waals surface area contributed by atoms with Crippen molar-refractivity contribution in [1.82, 2.24) is 0 Å². The smallest absolute Gasteiger partial charge is 0.275 e. The maximum Gasteiger partial charge on any atom is 0.275 e. The molecule has 100 valence electrons. The summed E-state index contributed by atoms with van der Waals surface area (Å²) in [5, 5.41) is 22.9. The second-order valence-corrected chi connectivity index (χ2v) is 4.05. The minimum absolute atomic E-state index is 0.0308. The standard InChI is InChI=1S/C12H18N2O4/c1-3-4-18-12-6-10(13-8-9(2)15)5-11(7-12)14(16)17/h5-7,9,13,15H,3-4,8H2,1-2H3. The van der Waals surface area contributed by atoms with Crippen LogP contribution in [0.1, 0.15) is 20.3 Å². The molecule has 0 heterocycles. The third kappa shape index (κ3) is 4.58. The highest BCUT2D eigenvalue weighted by Crippen LogP contribution is 2.26. The molecular formula is C12H18N2O4. The highest BCUT2D eigenvalue weighted by atomic mass is 16.6. The summed E-state index contributed by atoms with van der Waals surface area (Å²) in [4.78, 5) is 10.3. The highest BCUT2D eigenvalue weighted by Gasteiger charge is 2.10. The second kappa shape index (κ2) is 6.80. The molecule has 0 bridgehead atoms. The molecule has 0 aliphatic heterocycles. The Kier molecular flexibility index (Phi) is 5.38. The summed E-state index contributed by atoms with van der Waals surface area (Å²) in [6.45, 7) is 4.44. The molecule has 0 spiro atoms. The van der Waals surface area contributed by atoms with Crippen molar-refractivity contribution in [2.45, 2.75) is 26.4 Å². The van der Waals surface area contributed by atoms with Crippen LogP contribution in [0.3, 0.4) is 0 Å². The number of hydrogen-bond donors (Lipinski definition) is 2. The van der Waals surface area contributed by atoms with E-state index in [1.54, 1.807) is 13.0 Å². The van der Waals surface area contributed by atoms with E-state index in [1.165, 1.54) is 12.1 Å². The number of benzene rings is 1. The minimum atomic E-state index is -0.524. The zero-order chi connectivity index (χ0) is 13.5. The van der Waals surface area contributed by atoms with E-state index < -0.39 is 11.0 Å². The average Bonchev–Trinajstić information content (AvgIpc) is 2.33. The Hall–Kier alpha value is -1.82. The van der Waals surface area contributed by atoms with Crippen molar-refractivity contribution in [3.8, 4) is 5.75 Å². The zero-order valence-electron chi connectivity index (χ0n) is 10.5. The molecule has 1 atom stereocenters. The molecule has 6 nitrogen and oxygen atoms in total. The summed E-state index contributed by atoms with van der Waals surface area (Å²) in [6, 6.07) is 4.50. The first kappa shape index (κ1) is 14.2. The first-order valence-electron chi connectivity index (χ1n) is 5.87. The monoisotopic (exact) mass is 254 g/mol. The fraction of sp³-hybridized carbons (Fsp3) is 0.500. The van der Waals surface area contributed by atoms with Gasteiger partial charge in [0.1, 0.15) is 5.75 Å². The van der Waals surface area contributed by atoms with Crippen LogP contribution in [0.2, 0.25) is 0 Å².